The Morgan fingerprint density at radius 2 is 1.95 bits per heavy atom. The van der Waals surface area contributed by atoms with E-state index in [1.807, 2.05) is 48.5 Å². The first kappa shape index (κ1) is 11.9. The summed E-state index contributed by atoms with van der Waals surface area (Å²) in [5.74, 6) is 0.813. The van der Waals surface area contributed by atoms with Crippen LogP contribution in [-0.4, -0.2) is 9.97 Å². The van der Waals surface area contributed by atoms with E-state index in [9.17, 15) is 0 Å². The fourth-order valence-electron chi connectivity index (χ4n) is 1.89. The Labute approximate surface area is 115 Å². The molecule has 0 radical (unpaired) electrons. The van der Waals surface area contributed by atoms with Crippen molar-refractivity contribution in [3.8, 4) is 5.75 Å². The Morgan fingerprint density at radius 1 is 1.11 bits per heavy atom. The van der Waals surface area contributed by atoms with E-state index in [2.05, 4.69) is 9.97 Å². The topological polar surface area (TPSA) is 37.9 Å². The number of nitrogens with one attached hydrogen (secondary N) is 1. The second-order valence-corrected chi connectivity index (χ2v) is 4.58. The van der Waals surface area contributed by atoms with E-state index in [1.165, 1.54) is 0 Å². The van der Waals surface area contributed by atoms with E-state index in [0.29, 0.717) is 11.2 Å². The molecule has 3 nitrogen and oxygen atoms in total. The molecule has 3 aromatic rings. The van der Waals surface area contributed by atoms with E-state index >= 15 is 0 Å². The van der Waals surface area contributed by atoms with Crippen molar-refractivity contribution in [2.24, 2.45) is 0 Å². The van der Waals surface area contributed by atoms with Gasteiger partial charge in [-0.3, -0.25) is 0 Å². The SMILES string of the molecule is S=c1nc[nH]c2cc(OCc3ccccc3)ccc12. The Balaban J connectivity index is 1.84. The average Bonchev–Trinajstić information content (AvgIpc) is 2.46. The molecular formula is C15H12N2OS. The highest BCUT2D eigenvalue weighted by molar-refractivity contribution is 7.71. The minimum Gasteiger partial charge on any atom is -0.489 e. The van der Waals surface area contributed by atoms with Crippen molar-refractivity contribution in [2.45, 2.75) is 6.61 Å². The molecule has 0 atom stereocenters. The maximum absolute atomic E-state index is 5.77. The lowest BCUT2D eigenvalue weighted by Crippen LogP contribution is -1.95. The number of ether oxygens (including phenoxy) is 1. The molecule has 4 heteroatoms. The number of nitrogens with zero attached hydrogens (tertiary/aromatic N) is 1. The summed E-state index contributed by atoms with van der Waals surface area (Å²) < 4.78 is 6.37. The lowest BCUT2D eigenvalue weighted by atomic mass is 10.2. The molecule has 0 aliphatic carbocycles. The van der Waals surface area contributed by atoms with E-state index in [0.717, 1.165) is 22.2 Å². The third-order valence-electron chi connectivity index (χ3n) is 2.87. The number of rotatable bonds is 3. The van der Waals surface area contributed by atoms with Crippen LogP contribution in [0.5, 0.6) is 5.75 Å². The molecule has 3 rings (SSSR count). The summed E-state index contributed by atoms with van der Waals surface area (Å²) >= 11 is 5.17. The highest BCUT2D eigenvalue weighted by atomic mass is 32.1. The van der Waals surface area contributed by atoms with Crippen molar-refractivity contribution in [1.29, 1.82) is 0 Å². The highest BCUT2D eigenvalue weighted by Crippen LogP contribution is 2.20. The molecule has 0 amide bonds. The first-order chi connectivity index (χ1) is 9.33. The van der Waals surface area contributed by atoms with E-state index in [4.69, 9.17) is 17.0 Å². The zero-order chi connectivity index (χ0) is 13.1. The van der Waals surface area contributed by atoms with Crippen LogP contribution in [0.2, 0.25) is 0 Å². The number of aromatic nitrogens is 2. The van der Waals surface area contributed by atoms with Crippen molar-refractivity contribution in [1.82, 2.24) is 9.97 Å². The normalized spacial score (nSPS) is 10.5. The van der Waals surface area contributed by atoms with Gasteiger partial charge in [0.1, 0.15) is 17.0 Å². The van der Waals surface area contributed by atoms with Crippen LogP contribution in [0.15, 0.2) is 54.9 Å². The zero-order valence-corrected chi connectivity index (χ0v) is 11.0. The molecule has 0 unspecified atom stereocenters. The van der Waals surface area contributed by atoms with Crippen molar-refractivity contribution < 1.29 is 4.74 Å². The van der Waals surface area contributed by atoms with Crippen molar-refractivity contribution in [3.63, 3.8) is 0 Å². The number of hydrogen-bond donors (Lipinski definition) is 1. The summed E-state index contributed by atoms with van der Waals surface area (Å²) in [6.45, 7) is 0.554. The first-order valence-electron chi connectivity index (χ1n) is 5.97. The minimum absolute atomic E-state index is 0.554. The fraction of sp³-hybridized carbons (Fsp3) is 0.0667. The summed E-state index contributed by atoms with van der Waals surface area (Å²) in [5.41, 5.74) is 2.08. The fourth-order valence-corrected chi connectivity index (χ4v) is 2.12. The van der Waals surface area contributed by atoms with Gasteiger partial charge in [0.05, 0.1) is 11.8 Å². The van der Waals surface area contributed by atoms with Crippen molar-refractivity contribution in [2.75, 3.05) is 0 Å². The number of aromatic amines is 1. The molecule has 0 fully saturated rings. The molecule has 0 saturated heterocycles. The summed E-state index contributed by atoms with van der Waals surface area (Å²) in [6, 6.07) is 15.9. The monoisotopic (exact) mass is 268 g/mol. The highest BCUT2D eigenvalue weighted by Gasteiger charge is 2.00. The van der Waals surface area contributed by atoms with E-state index < -0.39 is 0 Å². The molecule has 2 aromatic carbocycles. The molecule has 0 saturated carbocycles. The summed E-state index contributed by atoms with van der Waals surface area (Å²) in [7, 11) is 0. The number of hydrogen-bond acceptors (Lipinski definition) is 3. The molecule has 0 bridgehead atoms. The lowest BCUT2D eigenvalue weighted by molar-refractivity contribution is 0.306. The molecule has 0 spiro atoms. The molecule has 1 N–H and O–H groups in total. The van der Waals surface area contributed by atoms with E-state index in [1.54, 1.807) is 6.33 Å². The molecule has 1 heterocycles. The molecule has 94 valence electrons. The predicted molar refractivity (Wildman–Crippen MR) is 77.7 cm³/mol. The van der Waals surface area contributed by atoms with Crippen LogP contribution < -0.4 is 4.74 Å². The van der Waals surface area contributed by atoms with Gasteiger partial charge in [-0.25, -0.2) is 4.98 Å². The second kappa shape index (κ2) is 5.20. The lowest BCUT2D eigenvalue weighted by Gasteiger charge is -2.07. The average molecular weight is 268 g/mol. The summed E-state index contributed by atoms with van der Waals surface area (Å²) in [5, 5.41) is 0.935. The smallest absolute Gasteiger partial charge is 0.137 e. The number of benzene rings is 2. The Kier molecular flexibility index (Phi) is 3.25. The maximum Gasteiger partial charge on any atom is 0.137 e. The van der Waals surface area contributed by atoms with Gasteiger partial charge in [0.2, 0.25) is 0 Å². The van der Waals surface area contributed by atoms with Crippen LogP contribution >= 0.6 is 12.2 Å². The summed E-state index contributed by atoms with van der Waals surface area (Å²) in [6.07, 6.45) is 1.60. The van der Waals surface area contributed by atoms with Crippen LogP contribution in [0.1, 0.15) is 5.56 Å². The standard InChI is InChI=1S/C15H12N2OS/c19-15-13-7-6-12(8-14(13)16-10-17-15)18-9-11-4-2-1-3-5-11/h1-8,10H,9H2,(H,16,17,19). The summed E-state index contributed by atoms with van der Waals surface area (Å²) in [4.78, 5) is 7.12. The Morgan fingerprint density at radius 3 is 2.79 bits per heavy atom. The second-order valence-electron chi connectivity index (χ2n) is 4.19. The molecule has 0 aliphatic heterocycles. The van der Waals surface area contributed by atoms with Gasteiger partial charge in [-0.1, -0.05) is 42.5 Å². The molecule has 19 heavy (non-hydrogen) atoms. The van der Waals surface area contributed by atoms with Gasteiger partial charge in [0, 0.05) is 11.5 Å². The van der Waals surface area contributed by atoms with Crippen LogP contribution in [-0.2, 0) is 6.61 Å². The van der Waals surface area contributed by atoms with Gasteiger partial charge in [0.25, 0.3) is 0 Å². The first-order valence-corrected chi connectivity index (χ1v) is 6.38. The van der Waals surface area contributed by atoms with Crippen molar-refractivity contribution in [3.05, 3.63) is 65.1 Å². The van der Waals surface area contributed by atoms with Crippen LogP contribution in [0.25, 0.3) is 10.9 Å². The third-order valence-corrected chi connectivity index (χ3v) is 3.20. The molecular weight excluding hydrogens is 256 g/mol. The third kappa shape index (κ3) is 2.63. The largest absolute Gasteiger partial charge is 0.489 e. The van der Waals surface area contributed by atoms with Crippen molar-refractivity contribution >= 4 is 23.1 Å². The minimum atomic E-state index is 0.554. The van der Waals surface area contributed by atoms with E-state index in [-0.39, 0.29) is 0 Å². The van der Waals surface area contributed by atoms with Gasteiger partial charge < -0.3 is 9.72 Å². The van der Waals surface area contributed by atoms with Gasteiger partial charge in [-0.2, -0.15) is 0 Å². The zero-order valence-electron chi connectivity index (χ0n) is 10.2. The van der Waals surface area contributed by atoms with Crippen LogP contribution in [0, 0.1) is 4.64 Å². The van der Waals surface area contributed by atoms with Gasteiger partial charge in [0.15, 0.2) is 0 Å². The molecule has 0 aliphatic rings. The van der Waals surface area contributed by atoms with Crippen LogP contribution in [0.3, 0.4) is 0 Å². The van der Waals surface area contributed by atoms with Gasteiger partial charge >= 0.3 is 0 Å². The van der Waals surface area contributed by atoms with Crippen LogP contribution in [0.4, 0.5) is 0 Å². The molecule has 1 aromatic heterocycles. The quantitative estimate of drug-likeness (QED) is 0.733. The van der Waals surface area contributed by atoms with Gasteiger partial charge in [-0.15, -0.1) is 0 Å². The predicted octanol–water partition coefficient (Wildman–Crippen LogP) is 3.87. The van der Waals surface area contributed by atoms with Gasteiger partial charge in [-0.05, 0) is 17.7 Å². The number of fused-ring (bicyclic) bond motifs is 1. The Bertz CT molecular complexity index is 753. The Hall–Kier alpha value is -2.20. The maximum atomic E-state index is 5.77. The number of H-pyrrole nitrogens is 1.